The van der Waals surface area contributed by atoms with Crippen LogP contribution in [0.2, 0.25) is 0 Å². The van der Waals surface area contributed by atoms with E-state index in [0.717, 1.165) is 15.4 Å². The third-order valence-electron chi connectivity index (χ3n) is 3.02. The zero-order valence-corrected chi connectivity index (χ0v) is 14.1. The van der Waals surface area contributed by atoms with Gasteiger partial charge >= 0.3 is 0 Å². The molecule has 21 heavy (non-hydrogen) atoms. The van der Waals surface area contributed by atoms with Gasteiger partial charge in [-0.15, -0.1) is 5.10 Å². The molecule has 6 heteroatoms. The maximum Gasteiger partial charge on any atom is 0.240 e. The zero-order chi connectivity index (χ0) is 15.4. The van der Waals surface area contributed by atoms with Crippen molar-refractivity contribution < 1.29 is 9.53 Å². The number of amides is 1. The van der Waals surface area contributed by atoms with Crippen molar-refractivity contribution in [1.29, 1.82) is 0 Å². The van der Waals surface area contributed by atoms with Crippen molar-refractivity contribution in [3.63, 3.8) is 0 Å². The molecular weight excluding hydrogens is 334 g/mol. The number of ether oxygens (including phenoxy) is 1. The van der Waals surface area contributed by atoms with Gasteiger partial charge in [0.05, 0.1) is 17.5 Å². The Labute approximate surface area is 132 Å². The van der Waals surface area contributed by atoms with Crippen molar-refractivity contribution in [2.45, 2.75) is 32.7 Å². The average molecular weight is 354 g/mol. The van der Waals surface area contributed by atoms with Gasteiger partial charge in [0.25, 0.3) is 0 Å². The predicted molar refractivity (Wildman–Crippen MR) is 86.4 cm³/mol. The SMILES string of the molecule is CC(C)NC(=O)CCCOc1nn(C)c2ccc(Br)cc12. The molecule has 0 bridgehead atoms. The summed E-state index contributed by atoms with van der Waals surface area (Å²) in [5, 5.41) is 8.20. The van der Waals surface area contributed by atoms with E-state index in [1.165, 1.54) is 0 Å². The maximum atomic E-state index is 11.5. The van der Waals surface area contributed by atoms with Gasteiger partial charge in [-0.25, -0.2) is 0 Å². The zero-order valence-electron chi connectivity index (χ0n) is 12.5. The summed E-state index contributed by atoms with van der Waals surface area (Å²) in [7, 11) is 1.89. The van der Waals surface area contributed by atoms with Gasteiger partial charge in [0, 0.05) is 24.0 Å². The fourth-order valence-corrected chi connectivity index (χ4v) is 2.47. The van der Waals surface area contributed by atoms with Crippen LogP contribution in [-0.4, -0.2) is 28.3 Å². The van der Waals surface area contributed by atoms with Gasteiger partial charge in [0.15, 0.2) is 0 Å². The number of carbonyl (C=O) groups excluding carboxylic acids is 1. The molecule has 0 unspecified atom stereocenters. The molecule has 1 N–H and O–H groups in total. The monoisotopic (exact) mass is 353 g/mol. The summed E-state index contributed by atoms with van der Waals surface area (Å²) in [6.45, 7) is 4.38. The molecule has 0 spiro atoms. The van der Waals surface area contributed by atoms with E-state index in [2.05, 4.69) is 26.3 Å². The third-order valence-corrected chi connectivity index (χ3v) is 3.51. The highest BCUT2D eigenvalue weighted by atomic mass is 79.9. The number of fused-ring (bicyclic) bond motifs is 1. The molecule has 2 rings (SSSR count). The molecule has 0 atom stereocenters. The lowest BCUT2D eigenvalue weighted by Crippen LogP contribution is -2.30. The number of halogens is 1. The number of carbonyl (C=O) groups is 1. The largest absolute Gasteiger partial charge is 0.476 e. The topological polar surface area (TPSA) is 56.1 Å². The lowest BCUT2D eigenvalue weighted by atomic mass is 10.2. The van der Waals surface area contributed by atoms with Gasteiger partial charge in [-0.2, -0.15) is 0 Å². The minimum Gasteiger partial charge on any atom is -0.476 e. The van der Waals surface area contributed by atoms with E-state index in [9.17, 15) is 4.79 Å². The van der Waals surface area contributed by atoms with Crippen LogP contribution in [0.4, 0.5) is 0 Å². The molecule has 2 aromatic rings. The summed E-state index contributed by atoms with van der Waals surface area (Å²) in [6.07, 6.45) is 1.14. The van der Waals surface area contributed by atoms with E-state index in [1.54, 1.807) is 4.68 Å². The predicted octanol–water partition coefficient (Wildman–Crippen LogP) is 3.02. The van der Waals surface area contributed by atoms with Crippen LogP contribution in [-0.2, 0) is 11.8 Å². The summed E-state index contributed by atoms with van der Waals surface area (Å²) in [6, 6.07) is 6.14. The number of benzene rings is 1. The molecule has 0 saturated carbocycles. The molecule has 0 aliphatic carbocycles. The minimum absolute atomic E-state index is 0.0576. The molecule has 5 nitrogen and oxygen atoms in total. The van der Waals surface area contributed by atoms with Crippen LogP contribution >= 0.6 is 15.9 Å². The number of aromatic nitrogens is 2. The highest BCUT2D eigenvalue weighted by molar-refractivity contribution is 9.10. The first-order valence-corrected chi connectivity index (χ1v) is 7.81. The van der Waals surface area contributed by atoms with Crippen LogP contribution in [0.1, 0.15) is 26.7 Å². The maximum absolute atomic E-state index is 11.5. The number of rotatable bonds is 6. The van der Waals surface area contributed by atoms with Gasteiger partial charge in [0.1, 0.15) is 0 Å². The van der Waals surface area contributed by atoms with Crippen LogP contribution in [0.3, 0.4) is 0 Å². The molecule has 114 valence electrons. The van der Waals surface area contributed by atoms with E-state index in [0.29, 0.717) is 25.3 Å². The van der Waals surface area contributed by atoms with E-state index in [1.807, 2.05) is 39.1 Å². The lowest BCUT2D eigenvalue weighted by molar-refractivity contribution is -0.121. The Balaban J connectivity index is 1.92. The molecule has 0 fully saturated rings. The Hall–Kier alpha value is -1.56. The molecule has 1 aromatic carbocycles. The first-order valence-electron chi connectivity index (χ1n) is 7.02. The minimum atomic E-state index is 0.0576. The van der Waals surface area contributed by atoms with Crippen molar-refractivity contribution >= 4 is 32.7 Å². The molecular formula is C15H20BrN3O2. The molecule has 1 aromatic heterocycles. The Morgan fingerprint density at radius 2 is 2.24 bits per heavy atom. The molecule has 0 saturated heterocycles. The second kappa shape index (κ2) is 6.93. The second-order valence-corrected chi connectivity index (χ2v) is 6.18. The van der Waals surface area contributed by atoms with Crippen LogP contribution in [0.25, 0.3) is 10.9 Å². The summed E-state index contributed by atoms with van der Waals surface area (Å²) in [5.74, 6) is 0.667. The van der Waals surface area contributed by atoms with Crippen LogP contribution < -0.4 is 10.1 Å². The molecule has 0 radical (unpaired) electrons. The standard InChI is InChI=1S/C15H20BrN3O2/c1-10(2)17-14(20)5-4-8-21-15-12-9-11(16)6-7-13(12)19(3)18-15/h6-7,9-10H,4-5,8H2,1-3H3,(H,17,20). The Morgan fingerprint density at radius 1 is 1.48 bits per heavy atom. The lowest BCUT2D eigenvalue weighted by Gasteiger charge is -2.08. The van der Waals surface area contributed by atoms with Gasteiger partial charge in [-0.3, -0.25) is 9.48 Å². The van der Waals surface area contributed by atoms with Crippen molar-refractivity contribution in [1.82, 2.24) is 15.1 Å². The Bertz CT molecular complexity index is 637. The molecule has 1 heterocycles. The Morgan fingerprint density at radius 3 is 2.95 bits per heavy atom. The molecule has 0 aliphatic heterocycles. The normalized spacial score (nSPS) is 11.1. The van der Waals surface area contributed by atoms with Gasteiger partial charge in [-0.1, -0.05) is 15.9 Å². The number of nitrogens with one attached hydrogen (secondary N) is 1. The fourth-order valence-electron chi connectivity index (χ4n) is 2.11. The van der Waals surface area contributed by atoms with Crippen LogP contribution in [0.15, 0.2) is 22.7 Å². The summed E-state index contributed by atoms with van der Waals surface area (Å²) in [4.78, 5) is 11.5. The van der Waals surface area contributed by atoms with Gasteiger partial charge in [0.2, 0.25) is 11.8 Å². The van der Waals surface area contributed by atoms with Crippen LogP contribution in [0.5, 0.6) is 5.88 Å². The molecule has 0 aliphatic rings. The third kappa shape index (κ3) is 4.20. The smallest absolute Gasteiger partial charge is 0.240 e. The number of hydrogen-bond donors (Lipinski definition) is 1. The van der Waals surface area contributed by atoms with Gasteiger partial charge in [-0.05, 0) is 38.5 Å². The van der Waals surface area contributed by atoms with E-state index >= 15 is 0 Å². The van der Waals surface area contributed by atoms with E-state index < -0.39 is 0 Å². The van der Waals surface area contributed by atoms with Gasteiger partial charge < -0.3 is 10.1 Å². The number of hydrogen-bond acceptors (Lipinski definition) is 3. The van der Waals surface area contributed by atoms with Crippen molar-refractivity contribution in [2.75, 3.05) is 6.61 Å². The Kier molecular flexibility index (Phi) is 5.22. The quantitative estimate of drug-likeness (QED) is 0.812. The van der Waals surface area contributed by atoms with Crippen molar-refractivity contribution in [3.05, 3.63) is 22.7 Å². The van der Waals surface area contributed by atoms with Crippen molar-refractivity contribution in [2.24, 2.45) is 7.05 Å². The highest BCUT2D eigenvalue weighted by Gasteiger charge is 2.10. The summed E-state index contributed by atoms with van der Waals surface area (Å²) < 4.78 is 8.50. The van der Waals surface area contributed by atoms with Crippen LogP contribution in [0, 0.1) is 0 Å². The fraction of sp³-hybridized carbons (Fsp3) is 0.467. The first-order chi connectivity index (χ1) is 9.97. The second-order valence-electron chi connectivity index (χ2n) is 5.26. The first kappa shape index (κ1) is 15.8. The molecule has 1 amide bonds. The van der Waals surface area contributed by atoms with E-state index in [4.69, 9.17) is 4.74 Å². The highest BCUT2D eigenvalue weighted by Crippen LogP contribution is 2.27. The summed E-state index contributed by atoms with van der Waals surface area (Å²) in [5.41, 5.74) is 1.02. The summed E-state index contributed by atoms with van der Waals surface area (Å²) >= 11 is 3.45. The average Bonchev–Trinajstić information content (AvgIpc) is 2.70. The van der Waals surface area contributed by atoms with E-state index in [-0.39, 0.29) is 11.9 Å². The number of nitrogens with zero attached hydrogens (tertiary/aromatic N) is 2. The number of aryl methyl sites for hydroxylation is 1. The van der Waals surface area contributed by atoms with Crippen molar-refractivity contribution in [3.8, 4) is 5.88 Å².